The largest absolute Gasteiger partial charge is 0.460 e. The Hall–Kier alpha value is -2.10. The maximum absolute atomic E-state index is 11.9. The molecule has 2 rings (SSSR count). The van der Waals surface area contributed by atoms with Gasteiger partial charge in [0.1, 0.15) is 6.61 Å². The molecule has 0 bridgehead atoms. The van der Waals surface area contributed by atoms with Crippen LogP contribution in [0.15, 0.2) is 35.1 Å². The zero-order valence-electron chi connectivity index (χ0n) is 11.8. The van der Waals surface area contributed by atoms with Crippen LogP contribution < -0.4 is 5.56 Å². The zero-order chi connectivity index (χ0) is 14.5. The Morgan fingerprint density at radius 2 is 1.95 bits per heavy atom. The van der Waals surface area contributed by atoms with Crippen LogP contribution in [-0.4, -0.2) is 11.0 Å². The summed E-state index contributed by atoms with van der Waals surface area (Å²) in [5.74, 6) is -0.322. The predicted octanol–water partition coefficient (Wildman–Crippen LogP) is 3.01. The Balaban J connectivity index is 2.16. The normalized spacial score (nSPS) is 10.9. The van der Waals surface area contributed by atoms with Crippen LogP contribution in [0.2, 0.25) is 0 Å². The minimum absolute atomic E-state index is 0.0233. The Bertz CT molecular complexity index is 656. The molecule has 0 aliphatic carbocycles. The minimum atomic E-state index is -0.234. The predicted molar refractivity (Wildman–Crippen MR) is 78.4 cm³/mol. The average molecular weight is 273 g/mol. The Labute approximate surface area is 117 Å². The lowest BCUT2D eigenvalue weighted by atomic mass is 10.0. The van der Waals surface area contributed by atoms with Gasteiger partial charge in [-0.3, -0.25) is 9.59 Å². The number of rotatable bonds is 5. The number of carbonyl (C=O) groups is 1. The van der Waals surface area contributed by atoms with Gasteiger partial charge in [-0.1, -0.05) is 32.0 Å². The third-order valence-corrected chi connectivity index (χ3v) is 3.52. The second-order valence-electron chi connectivity index (χ2n) is 4.83. The van der Waals surface area contributed by atoms with Gasteiger partial charge in [-0.05, 0) is 30.4 Å². The number of pyridine rings is 1. The first-order chi connectivity index (χ1) is 9.65. The van der Waals surface area contributed by atoms with E-state index < -0.39 is 0 Å². The van der Waals surface area contributed by atoms with Crippen LogP contribution in [0, 0.1) is 5.92 Å². The number of aromatic amines is 1. The van der Waals surface area contributed by atoms with Crippen molar-refractivity contribution in [3.63, 3.8) is 0 Å². The van der Waals surface area contributed by atoms with E-state index in [0.717, 1.165) is 23.7 Å². The van der Waals surface area contributed by atoms with E-state index in [-0.39, 0.29) is 24.1 Å². The number of para-hydroxylation sites is 1. The van der Waals surface area contributed by atoms with Crippen LogP contribution in [0.5, 0.6) is 0 Å². The molecule has 1 aromatic heterocycles. The quantitative estimate of drug-likeness (QED) is 0.852. The van der Waals surface area contributed by atoms with Gasteiger partial charge in [0, 0.05) is 5.52 Å². The van der Waals surface area contributed by atoms with Gasteiger partial charge in [0.25, 0.3) is 5.56 Å². The fourth-order valence-corrected chi connectivity index (χ4v) is 2.19. The topological polar surface area (TPSA) is 59.2 Å². The molecule has 106 valence electrons. The van der Waals surface area contributed by atoms with E-state index in [1.165, 1.54) is 0 Å². The standard InChI is InChI=1S/C16H19NO3/c1-3-11(4-2)16(19)20-10-13-9-12-7-5-6-8-14(12)17-15(13)18/h5-9,11H,3-4,10H2,1-2H3,(H,17,18). The monoisotopic (exact) mass is 273 g/mol. The third-order valence-electron chi connectivity index (χ3n) is 3.52. The van der Waals surface area contributed by atoms with Crippen molar-refractivity contribution in [2.45, 2.75) is 33.3 Å². The molecule has 20 heavy (non-hydrogen) atoms. The second-order valence-corrected chi connectivity index (χ2v) is 4.83. The van der Waals surface area contributed by atoms with Crippen molar-refractivity contribution in [2.24, 2.45) is 5.92 Å². The number of H-pyrrole nitrogens is 1. The maximum Gasteiger partial charge on any atom is 0.309 e. The van der Waals surface area contributed by atoms with E-state index >= 15 is 0 Å². The summed E-state index contributed by atoms with van der Waals surface area (Å²) >= 11 is 0. The highest BCUT2D eigenvalue weighted by atomic mass is 16.5. The van der Waals surface area contributed by atoms with Gasteiger partial charge < -0.3 is 9.72 Å². The van der Waals surface area contributed by atoms with E-state index in [1.807, 2.05) is 38.1 Å². The molecule has 0 saturated carbocycles. The lowest BCUT2D eigenvalue weighted by Gasteiger charge is -2.11. The number of ether oxygens (including phenoxy) is 1. The van der Waals surface area contributed by atoms with Crippen molar-refractivity contribution >= 4 is 16.9 Å². The van der Waals surface area contributed by atoms with Gasteiger partial charge >= 0.3 is 5.97 Å². The molecule has 2 aromatic rings. The van der Waals surface area contributed by atoms with E-state index in [1.54, 1.807) is 6.07 Å². The SMILES string of the molecule is CCC(CC)C(=O)OCc1cc2ccccc2[nH]c1=O. The second kappa shape index (κ2) is 6.37. The number of nitrogens with one attached hydrogen (secondary N) is 1. The van der Waals surface area contributed by atoms with E-state index in [2.05, 4.69) is 4.98 Å². The third kappa shape index (κ3) is 3.07. The summed E-state index contributed by atoms with van der Waals surface area (Å²) in [7, 11) is 0. The molecule has 0 atom stereocenters. The first-order valence-electron chi connectivity index (χ1n) is 6.93. The van der Waals surface area contributed by atoms with E-state index in [4.69, 9.17) is 4.74 Å². The van der Waals surface area contributed by atoms with Gasteiger partial charge in [-0.25, -0.2) is 0 Å². The van der Waals surface area contributed by atoms with Crippen molar-refractivity contribution in [1.82, 2.24) is 4.98 Å². The Kier molecular flexibility index (Phi) is 4.56. The summed E-state index contributed by atoms with van der Waals surface area (Å²) in [6.07, 6.45) is 1.51. The fraction of sp³-hybridized carbons (Fsp3) is 0.375. The molecule has 4 nitrogen and oxygen atoms in total. The molecule has 0 saturated heterocycles. The van der Waals surface area contributed by atoms with Crippen LogP contribution in [0.4, 0.5) is 0 Å². The summed E-state index contributed by atoms with van der Waals surface area (Å²) in [5, 5.41) is 0.931. The first-order valence-corrected chi connectivity index (χ1v) is 6.93. The first kappa shape index (κ1) is 14.3. The molecule has 0 fully saturated rings. The minimum Gasteiger partial charge on any atom is -0.460 e. The molecule has 4 heteroatoms. The van der Waals surface area contributed by atoms with Crippen molar-refractivity contribution in [1.29, 1.82) is 0 Å². The lowest BCUT2D eigenvalue weighted by molar-refractivity contribution is -0.150. The molecular weight excluding hydrogens is 254 g/mol. The smallest absolute Gasteiger partial charge is 0.309 e. The summed E-state index contributed by atoms with van der Waals surface area (Å²) in [4.78, 5) is 26.5. The van der Waals surface area contributed by atoms with Crippen molar-refractivity contribution < 1.29 is 9.53 Å². The number of fused-ring (bicyclic) bond motifs is 1. The summed E-state index contributed by atoms with van der Waals surface area (Å²) in [6, 6.07) is 9.30. The van der Waals surface area contributed by atoms with E-state index in [9.17, 15) is 9.59 Å². The number of hydrogen-bond donors (Lipinski definition) is 1. The lowest BCUT2D eigenvalue weighted by Crippen LogP contribution is -2.19. The number of esters is 1. The van der Waals surface area contributed by atoms with Gasteiger partial charge in [0.05, 0.1) is 11.5 Å². The average Bonchev–Trinajstić information content (AvgIpc) is 2.46. The zero-order valence-corrected chi connectivity index (χ0v) is 11.8. The molecular formula is C16H19NO3. The molecule has 0 aliphatic rings. The highest BCUT2D eigenvalue weighted by Crippen LogP contribution is 2.13. The summed E-state index contributed by atoms with van der Waals surface area (Å²) in [5.41, 5.74) is 1.05. The van der Waals surface area contributed by atoms with Gasteiger partial charge in [-0.2, -0.15) is 0 Å². The van der Waals surface area contributed by atoms with Crippen LogP contribution >= 0.6 is 0 Å². The highest BCUT2D eigenvalue weighted by Gasteiger charge is 2.16. The number of carbonyl (C=O) groups excluding carboxylic acids is 1. The van der Waals surface area contributed by atoms with Crippen molar-refractivity contribution in [2.75, 3.05) is 0 Å². The summed E-state index contributed by atoms with van der Waals surface area (Å²) in [6.45, 7) is 3.94. The van der Waals surface area contributed by atoms with Crippen LogP contribution in [-0.2, 0) is 16.1 Å². The summed E-state index contributed by atoms with van der Waals surface area (Å²) < 4.78 is 5.24. The molecule has 1 heterocycles. The van der Waals surface area contributed by atoms with Crippen LogP contribution in [0.25, 0.3) is 10.9 Å². The van der Waals surface area contributed by atoms with Gasteiger partial charge in [0.15, 0.2) is 0 Å². The molecule has 0 spiro atoms. The number of hydrogen-bond acceptors (Lipinski definition) is 3. The fourth-order valence-electron chi connectivity index (χ4n) is 2.19. The van der Waals surface area contributed by atoms with Crippen LogP contribution in [0.1, 0.15) is 32.3 Å². The molecule has 0 radical (unpaired) electrons. The van der Waals surface area contributed by atoms with Crippen molar-refractivity contribution in [3.05, 3.63) is 46.2 Å². The molecule has 0 aliphatic heterocycles. The Morgan fingerprint density at radius 3 is 2.65 bits per heavy atom. The number of aromatic nitrogens is 1. The van der Waals surface area contributed by atoms with Crippen molar-refractivity contribution in [3.8, 4) is 0 Å². The van der Waals surface area contributed by atoms with E-state index in [0.29, 0.717) is 5.56 Å². The van der Waals surface area contributed by atoms with Crippen LogP contribution in [0.3, 0.4) is 0 Å². The Morgan fingerprint density at radius 1 is 1.25 bits per heavy atom. The maximum atomic E-state index is 11.9. The molecule has 0 amide bonds. The molecule has 0 unspecified atom stereocenters. The van der Waals surface area contributed by atoms with Gasteiger partial charge in [-0.15, -0.1) is 0 Å². The molecule has 1 aromatic carbocycles. The molecule has 1 N–H and O–H groups in total. The number of benzene rings is 1. The van der Waals surface area contributed by atoms with Gasteiger partial charge in [0.2, 0.25) is 0 Å². The highest BCUT2D eigenvalue weighted by molar-refractivity contribution is 5.78.